The van der Waals surface area contributed by atoms with Crippen LogP contribution in [-0.4, -0.2) is 38.4 Å². The second-order valence-corrected chi connectivity index (χ2v) is 4.66. The van der Waals surface area contributed by atoms with Crippen LogP contribution >= 0.6 is 0 Å². The van der Waals surface area contributed by atoms with E-state index in [2.05, 4.69) is 17.6 Å². The molecule has 3 heteroatoms. The third kappa shape index (κ3) is 2.69. The number of rotatable bonds is 2. The van der Waals surface area contributed by atoms with Gasteiger partial charge in [-0.15, -0.1) is 0 Å². The van der Waals surface area contributed by atoms with Gasteiger partial charge in [-0.25, -0.2) is 0 Å². The first-order valence-corrected chi connectivity index (χ1v) is 5.91. The van der Waals surface area contributed by atoms with Crippen LogP contribution in [0.1, 0.15) is 26.2 Å². The number of hydrogen-bond donors (Lipinski definition) is 2. The molecule has 2 aliphatic heterocycles. The molecule has 2 saturated heterocycles. The minimum Gasteiger partial charge on any atom is -0.381 e. The first kappa shape index (κ1) is 10.4. The third-order valence-electron chi connectivity index (χ3n) is 3.39. The Morgan fingerprint density at radius 1 is 1.36 bits per heavy atom. The van der Waals surface area contributed by atoms with E-state index in [1.165, 1.54) is 25.8 Å². The fourth-order valence-electron chi connectivity index (χ4n) is 2.42. The minimum absolute atomic E-state index is 0.672. The Labute approximate surface area is 86.6 Å². The van der Waals surface area contributed by atoms with Gasteiger partial charge in [0.2, 0.25) is 0 Å². The van der Waals surface area contributed by atoms with Gasteiger partial charge in [-0.2, -0.15) is 0 Å². The van der Waals surface area contributed by atoms with Crippen LogP contribution in [0.3, 0.4) is 0 Å². The molecule has 2 aliphatic rings. The van der Waals surface area contributed by atoms with Crippen LogP contribution in [0.2, 0.25) is 0 Å². The number of hydrogen-bond acceptors (Lipinski definition) is 3. The van der Waals surface area contributed by atoms with Gasteiger partial charge in [0.15, 0.2) is 0 Å². The van der Waals surface area contributed by atoms with Crippen LogP contribution in [0.15, 0.2) is 0 Å². The summed E-state index contributed by atoms with van der Waals surface area (Å²) in [6.07, 6.45) is 3.82. The Morgan fingerprint density at radius 3 is 3.00 bits per heavy atom. The summed E-state index contributed by atoms with van der Waals surface area (Å²) in [5.41, 5.74) is 0. The number of nitrogens with one attached hydrogen (secondary N) is 2. The lowest BCUT2D eigenvalue weighted by Gasteiger charge is -2.34. The van der Waals surface area contributed by atoms with Crippen LogP contribution in [0, 0.1) is 5.92 Å². The number of piperidine rings is 1. The standard InChI is InChI=1S/C11H22N2O/c1-9-8-14-6-4-11(9)13-10-3-2-5-12-7-10/h9-13H,2-8H2,1H3. The van der Waals surface area contributed by atoms with Gasteiger partial charge in [-0.3, -0.25) is 0 Å². The second kappa shape index (κ2) is 5.10. The van der Waals surface area contributed by atoms with Crippen molar-refractivity contribution in [2.45, 2.75) is 38.3 Å². The van der Waals surface area contributed by atoms with Crippen LogP contribution in [0.25, 0.3) is 0 Å². The van der Waals surface area contributed by atoms with Gasteiger partial charge in [-0.05, 0) is 31.7 Å². The predicted octanol–water partition coefficient (Wildman–Crippen LogP) is 0.753. The zero-order chi connectivity index (χ0) is 9.80. The molecule has 0 bridgehead atoms. The largest absolute Gasteiger partial charge is 0.381 e. The van der Waals surface area contributed by atoms with Crippen molar-refractivity contribution >= 4 is 0 Å². The summed E-state index contributed by atoms with van der Waals surface area (Å²) >= 11 is 0. The van der Waals surface area contributed by atoms with Gasteiger partial charge < -0.3 is 15.4 Å². The molecule has 3 unspecified atom stereocenters. The van der Waals surface area contributed by atoms with Crippen molar-refractivity contribution in [1.29, 1.82) is 0 Å². The molecule has 0 aromatic rings. The lowest BCUT2D eigenvalue weighted by atomic mass is 9.95. The summed E-state index contributed by atoms with van der Waals surface area (Å²) in [7, 11) is 0. The molecule has 0 aromatic carbocycles. The quantitative estimate of drug-likeness (QED) is 0.687. The predicted molar refractivity (Wildman–Crippen MR) is 57.4 cm³/mol. The smallest absolute Gasteiger partial charge is 0.0506 e. The van der Waals surface area contributed by atoms with Gasteiger partial charge in [0.05, 0.1) is 6.61 Å². The Kier molecular flexibility index (Phi) is 3.79. The lowest BCUT2D eigenvalue weighted by Crippen LogP contribution is -2.51. The highest BCUT2D eigenvalue weighted by Gasteiger charge is 2.24. The molecule has 2 rings (SSSR count). The summed E-state index contributed by atoms with van der Waals surface area (Å²) in [5.74, 6) is 0.672. The Balaban J connectivity index is 1.76. The van der Waals surface area contributed by atoms with E-state index in [0.717, 1.165) is 19.8 Å². The van der Waals surface area contributed by atoms with Gasteiger partial charge in [-0.1, -0.05) is 6.92 Å². The average Bonchev–Trinajstić information content (AvgIpc) is 2.23. The summed E-state index contributed by atoms with van der Waals surface area (Å²) in [6.45, 7) is 6.48. The molecule has 0 radical (unpaired) electrons. The van der Waals surface area contributed by atoms with Crippen molar-refractivity contribution in [1.82, 2.24) is 10.6 Å². The molecule has 0 saturated carbocycles. The fraction of sp³-hybridized carbons (Fsp3) is 1.00. The highest BCUT2D eigenvalue weighted by atomic mass is 16.5. The van der Waals surface area contributed by atoms with E-state index in [9.17, 15) is 0 Å². The van der Waals surface area contributed by atoms with E-state index in [4.69, 9.17) is 4.74 Å². The Hall–Kier alpha value is -0.120. The minimum atomic E-state index is 0.672. The molecular formula is C11H22N2O. The molecule has 2 N–H and O–H groups in total. The summed E-state index contributed by atoms with van der Waals surface area (Å²) < 4.78 is 5.45. The summed E-state index contributed by atoms with van der Waals surface area (Å²) in [4.78, 5) is 0. The van der Waals surface area contributed by atoms with Gasteiger partial charge >= 0.3 is 0 Å². The van der Waals surface area contributed by atoms with Crippen molar-refractivity contribution < 1.29 is 4.74 Å². The molecule has 2 heterocycles. The number of ether oxygens (including phenoxy) is 1. The first-order valence-electron chi connectivity index (χ1n) is 5.91. The van der Waals surface area contributed by atoms with Crippen molar-refractivity contribution in [3.63, 3.8) is 0 Å². The zero-order valence-electron chi connectivity index (χ0n) is 9.09. The fourth-order valence-corrected chi connectivity index (χ4v) is 2.42. The van der Waals surface area contributed by atoms with Crippen LogP contribution in [0.5, 0.6) is 0 Å². The van der Waals surface area contributed by atoms with Gasteiger partial charge in [0, 0.05) is 25.2 Å². The highest BCUT2D eigenvalue weighted by molar-refractivity contribution is 4.83. The van der Waals surface area contributed by atoms with Crippen LogP contribution < -0.4 is 10.6 Å². The van der Waals surface area contributed by atoms with Crippen LogP contribution in [-0.2, 0) is 4.74 Å². The van der Waals surface area contributed by atoms with E-state index in [1.807, 2.05) is 0 Å². The second-order valence-electron chi connectivity index (χ2n) is 4.66. The SMILES string of the molecule is CC1COCCC1NC1CCCNC1. The molecular weight excluding hydrogens is 176 g/mol. The average molecular weight is 198 g/mol. The van der Waals surface area contributed by atoms with Gasteiger partial charge in [0.1, 0.15) is 0 Å². The lowest BCUT2D eigenvalue weighted by molar-refractivity contribution is 0.0348. The van der Waals surface area contributed by atoms with E-state index in [-0.39, 0.29) is 0 Å². The Bertz CT molecular complexity index is 169. The molecule has 82 valence electrons. The monoisotopic (exact) mass is 198 g/mol. The maximum atomic E-state index is 5.45. The zero-order valence-corrected chi connectivity index (χ0v) is 9.09. The summed E-state index contributed by atoms with van der Waals surface area (Å²) in [5, 5.41) is 7.21. The van der Waals surface area contributed by atoms with E-state index in [1.54, 1.807) is 0 Å². The Morgan fingerprint density at radius 2 is 2.29 bits per heavy atom. The molecule has 3 atom stereocenters. The maximum Gasteiger partial charge on any atom is 0.0506 e. The van der Waals surface area contributed by atoms with Crippen LogP contribution in [0.4, 0.5) is 0 Å². The van der Waals surface area contributed by atoms with E-state index >= 15 is 0 Å². The molecule has 0 aromatic heterocycles. The van der Waals surface area contributed by atoms with Crippen molar-refractivity contribution in [2.75, 3.05) is 26.3 Å². The van der Waals surface area contributed by atoms with Gasteiger partial charge in [0.25, 0.3) is 0 Å². The molecule has 0 aliphatic carbocycles. The summed E-state index contributed by atoms with van der Waals surface area (Å²) in [6, 6.07) is 1.36. The van der Waals surface area contributed by atoms with Crippen molar-refractivity contribution in [2.24, 2.45) is 5.92 Å². The van der Waals surface area contributed by atoms with Crippen molar-refractivity contribution in [3.8, 4) is 0 Å². The highest BCUT2D eigenvalue weighted by Crippen LogP contribution is 2.15. The van der Waals surface area contributed by atoms with E-state index in [0.29, 0.717) is 18.0 Å². The molecule has 3 nitrogen and oxygen atoms in total. The topological polar surface area (TPSA) is 33.3 Å². The molecule has 2 fully saturated rings. The maximum absolute atomic E-state index is 5.45. The molecule has 14 heavy (non-hydrogen) atoms. The normalized spacial score (nSPS) is 39.6. The molecule has 0 spiro atoms. The molecule has 0 amide bonds. The third-order valence-corrected chi connectivity index (χ3v) is 3.39. The first-order chi connectivity index (χ1) is 6.86. The van der Waals surface area contributed by atoms with E-state index < -0.39 is 0 Å². The van der Waals surface area contributed by atoms with Crippen molar-refractivity contribution in [3.05, 3.63) is 0 Å².